The van der Waals surface area contributed by atoms with Crippen molar-refractivity contribution in [1.82, 2.24) is 9.78 Å². The summed E-state index contributed by atoms with van der Waals surface area (Å²) in [5.74, 6) is -0.946. The van der Waals surface area contributed by atoms with Crippen molar-refractivity contribution in [3.63, 3.8) is 0 Å². The fourth-order valence-corrected chi connectivity index (χ4v) is 3.98. The smallest absolute Gasteiger partial charge is 0.230 e. The summed E-state index contributed by atoms with van der Waals surface area (Å²) in [7, 11) is 0. The van der Waals surface area contributed by atoms with Crippen molar-refractivity contribution in [2.75, 3.05) is 16.8 Å². The van der Waals surface area contributed by atoms with Crippen molar-refractivity contribution >= 4 is 34.7 Å². The van der Waals surface area contributed by atoms with Crippen molar-refractivity contribution in [2.45, 2.75) is 19.9 Å². The molecule has 8 heteroatoms. The highest BCUT2D eigenvalue weighted by Gasteiger charge is 2.36. The number of aromatic nitrogens is 2. The number of rotatable bonds is 5. The molecule has 1 aliphatic rings. The molecule has 28 heavy (non-hydrogen) atoms. The van der Waals surface area contributed by atoms with Crippen LogP contribution in [0.15, 0.2) is 48.0 Å². The van der Waals surface area contributed by atoms with Crippen LogP contribution in [0.5, 0.6) is 0 Å². The first-order valence-corrected chi connectivity index (χ1v) is 9.81. The number of carbonyl (C=O) groups excluding carboxylic acids is 2. The standard InChI is InChI=1S/C20H19FN4O2S/c1-13-4-5-17(16(21)9-13)24-11-14(10-19(24)26)20(27)23-18-6-7-22-25(18)12-15-3-2-8-28-15/h2-9,14H,10-12H2,1H3,(H,23,27)/t14-/m0/s1. The number of anilines is 2. The first-order valence-electron chi connectivity index (χ1n) is 8.93. The van der Waals surface area contributed by atoms with Crippen molar-refractivity contribution in [2.24, 2.45) is 5.92 Å². The first-order chi connectivity index (χ1) is 13.5. The number of benzene rings is 1. The molecular formula is C20H19FN4O2S. The molecule has 3 aromatic rings. The lowest BCUT2D eigenvalue weighted by molar-refractivity contribution is -0.122. The average Bonchev–Trinajstić information content (AvgIpc) is 3.39. The zero-order valence-electron chi connectivity index (χ0n) is 15.3. The normalized spacial score (nSPS) is 16.6. The maximum atomic E-state index is 14.2. The number of hydrogen-bond acceptors (Lipinski definition) is 4. The molecule has 1 fully saturated rings. The van der Waals surface area contributed by atoms with Crippen molar-refractivity contribution in [3.05, 3.63) is 64.2 Å². The van der Waals surface area contributed by atoms with Crippen molar-refractivity contribution in [1.29, 1.82) is 0 Å². The summed E-state index contributed by atoms with van der Waals surface area (Å²) < 4.78 is 15.9. The van der Waals surface area contributed by atoms with Gasteiger partial charge in [-0.25, -0.2) is 9.07 Å². The second kappa shape index (κ2) is 7.55. The Morgan fingerprint density at radius 1 is 1.36 bits per heavy atom. The van der Waals surface area contributed by atoms with Crippen LogP contribution in [0.4, 0.5) is 15.9 Å². The van der Waals surface area contributed by atoms with Crippen LogP contribution in [0.1, 0.15) is 16.9 Å². The highest BCUT2D eigenvalue weighted by molar-refractivity contribution is 7.09. The predicted octanol–water partition coefficient (Wildman–Crippen LogP) is 3.43. The van der Waals surface area contributed by atoms with Gasteiger partial charge >= 0.3 is 0 Å². The highest BCUT2D eigenvalue weighted by atomic mass is 32.1. The van der Waals surface area contributed by atoms with Gasteiger partial charge in [-0.2, -0.15) is 5.10 Å². The molecule has 1 aliphatic heterocycles. The van der Waals surface area contributed by atoms with E-state index in [1.165, 1.54) is 11.0 Å². The molecule has 0 radical (unpaired) electrons. The Morgan fingerprint density at radius 2 is 2.21 bits per heavy atom. The monoisotopic (exact) mass is 398 g/mol. The number of thiophene rings is 1. The zero-order valence-corrected chi connectivity index (χ0v) is 16.1. The van der Waals surface area contributed by atoms with Crippen LogP contribution in [-0.4, -0.2) is 28.1 Å². The molecule has 4 rings (SSSR count). The molecule has 144 valence electrons. The zero-order chi connectivity index (χ0) is 19.7. The molecule has 3 heterocycles. The molecule has 1 saturated heterocycles. The lowest BCUT2D eigenvalue weighted by Gasteiger charge is -2.18. The van der Waals surface area contributed by atoms with E-state index in [-0.39, 0.29) is 30.5 Å². The van der Waals surface area contributed by atoms with Crippen molar-refractivity contribution in [3.8, 4) is 0 Å². The second-order valence-electron chi connectivity index (χ2n) is 6.80. The fourth-order valence-electron chi connectivity index (χ4n) is 3.29. The Morgan fingerprint density at radius 3 is 2.96 bits per heavy atom. The van der Waals surface area contributed by atoms with Crippen LogP contribution in [0, 0.1) is 18.7 Å². The number of carbonyl (C=O) groups is 2. The predicted molar refractivity (Wildman–Crippen MR) is 106 cm³/mol. The molecule has 0 spiro atoms. The molecule has 0 saturated carbocycles. The van der Waals surface area contributed by atoms with Crippen LogP contribution < -0.4 is 10.2 Å². The van der Waals surface area contributed by atoms with Crippen molar-refractivity contribution < 1.29 is 14.0 Å². The van der Waals surface area contributed by atoms with Gasteiger partial charge in [0.15, 0.2) is 0 Å². The molecule has 0 unspecified atom stereocenters. The van der Waals surface area contributed by atoms with Gasteiger partial charge in [-0.15, -0.1) is 11.3 Å². The molecule has 0 aliphatic carbocycles. The third-order valence-corrected chi connectivity index (χ3v) is 5.60. The van der Waals surface area contributed by atoms with Gasteiger partial charge in [-0.05, 0) is 36.1 Å². The molecule has 1 aromatic carbocycles. The summed E-state index contributed by atoms with van der Waals surface area (Å²) >= 11 is 1.61. The summed E-state index contributed by atoms with van der Waals surface area (Å²) in [6.07, 6.45) is 1.68. The van der Waals surface area contributed by atoms with E-state index in [0.717, 1.165) is 10.4 Å². The largest absolute Gasteiger partial charge is 0.311 e. The first kappa shape index (κ1) is 18.4. The fraction of sp³-hybridized carbons (Fsp3) is 0.250. The number of halogens is 1. The van der Waals surface area contributed by atoms with E-state index in [4.69, 9.17) is 0 Å². The van der Waals surface area contributed by atoms with E-state index < -0.39 is 11.7 Å². The van der Waals surface area contributed by atoms with E-state index in [0.29, 0.717) is 12.4 Å². The summed E-state index contributed by atoms with van der Waals surface area (Å²) in [6, 6.07) is 10.4. The Kier molecular flexibility index (Phi) is 4.95. The van der Waals surface area contributed by atoms with Gasteiger partial charge in [0.1, 0.15) is 11.6 Å². The van der Waals surface area contributed by atoms with Gasteiger partial charge in [0.05, 0.1) is 24.3 Å². The third kappa shape index (κ3) is 3.68. The van der Waals surface area contributed by atoms with Gasteiger partial charge < -0.3 is 10.2 Å². The Labute approximate surface area is 165 Å². The van der Waals surface area contributed by atoms with Crippen LogP contribution in [-0.2, 0) is 16.1 Å². The molecule has 1 atom stereocenters. The van der Waals surface area contributed by atoms with E-state index in [9.17, 15) is 14.0 Å². The molecular weight excluding hydrogens is 379 g/mol. The summed E-state index contributed by atoms with van der Waals surface area (Å²) in [4.78, 5) is 27.5. The van der Waals surface area contributed by atoms with Crippen LogP contribution in [0.3, 0.4) is 0 Å². The highest BCUT2D eigenvalue weighted by Crippen LogP contribution is 2.28. The summed E-state index contributed by atoms with van der Waals surface area (Å²) in [5.41, 5.74) is 0.995. The van der Waals surface area contributed by atoms with E-state index in [2.05, 4.69) is 10.4 Å². The van der Waals surface area contributed by atoms with Gasteiger partial charge in [0.2, 0.25) is 11.8 Å². The maximum Gasteiger partial charge on any atom is 0.230 e. The SMILES string of the molecule is Cc1ccc(N2C[C@@H](C(=O)Nc3ccnn3Cc3cccs3)CC2=O)c(F)c1. The van der Waals surface area contributed by atoms with Gasteiger partial charge in [-0.3, -0.25) is 9.59 Å². The topological polar surface area (TPSA) is 67.2 Å². The number of nitrogens with zero attached hydrogens (tertiary/aromatic N) is 3. The maximum absolute atomic E-state index is 14.2. The number of aryl methyl sites for hydroxylation is 1. The third-order valence-electron chi connectivity index (χ3n) is 4.74. The van der Waals surface area contributed by atoms with E-state index in [1.807, 2.05) is 17.5 Å². The number of nitrogens with one attached hydrogen (secondary N) is 1. The molecule has 2 aromatic heterocycles. The quantitative estimate of drug-likeness (QED) is 0.716. The minimum absolute atomic E-state index is 0.0538. The molecule has 2 amide bonds. The van der Waals surface area contributed by atoms with Gasteiger partial charge in [0, 0.05) is 23.9 Å². The summed E-state index contributed by atoms with van der Waals surface area (Å²) in [6.45, 7) is 2.50. The Bertz CT molecular complexity index is 1020. The van der Waals surface area contributed by atoms with Crippen LogP contribution in [0.2, 0.25) is 0 Å². The molecule has 1 N–H and O–H groups in total. The molecule has 6 nitrogen and oxygen atoms in total. The Hall–Kier alpha value is -3.00. The lowest BCUT2D eigenvalue weighted by atomic mass is 10.1. The van der Waals surface area contributed by atoms with Gasteiger partial charge in [-0.1, -0.05) is 12.1 Å². The van der Waals surface area contributed by atoms with E-state index >= 15 is 0 Å². The van der Waals surface area contributed by atoms with E-state index in [1.54, 1.807) is 47.3 Å². The number of hydrogen-bond donors (Lipinski definition) is 1. The molecule has 0 bridgehead atoms. The van der Waals surface area contributed by atoms with Crippen LogP contribution in [0.25, 0.3) is 0 Å². The average molecular weight is 398 g/mol. The lowest BCUT2D eigenvalue weighted by Crippen LogP contribution is -2.29. The minimum Gasteiger partial charge on any atom is -0.311 e. The summed E-state index contributed by atoms with van der Waals surface area (Å²) in [5, 5.41) is 9.09. The second-order valence-corrected chi connectivity index (χ2v) is 7.84. The van der Waals surface area contributed by atoms with Crippen LogP contribution >= 0.6 is 11.3 Å². The minimum atomic E-state index is -0.543. The van der Waals surface area contributed by atoms with Gasteiger partial charge in [0.25, 0.3) is 0 Å². The Balaban J connectivity index is 1.45. The number of amides is 2.